The molecule has 0 saturated heterocycles. The van der Waals surface area contributed by atoms with Gasteiger partial charge in [-0.25, -0.2) is 9.18 Å². The lowest BCUT2D eigenvalue weighted by atomic mass is 10.1. The summed E-state index contributed by atoms with van der Waals surface area (Å²) in [5.74, 6) is -0.791. The highest BCUT2D eigenvalue weighted by Gasteiger charge is 2.14. The lowest BCUT2D eigenvalue weighted by Gasteiger charge is -2.11. The Morgan fingerprint density at radius 1 is 1.08 bits per heavy atom. The van der Waals surface area contributed by atoms with Crippen LogP contribution in [0.3, 0.4) is 0 Å². The van der Waals surface area contributed by atoms with Gasteiger partial charge in [0.15, 0.2) is 23.9 Å². The van der Waals surface area contributed by atoms with E-state index >= 15 is 0 Å². The van der Waals surface area contributed by atoms with E-state index in [1.807, 2.05) is 0 Å². The average Bonchev–Trinajstić information content (AvgIpc) is 2.54. The number of hydrogen-bond acceptors (Lipinski definition) is 5. The molecule has 0 bridgehead atoms. The second-order valence-electron chi connectivity index (χ2n) is 4.76. The van der Waals surface area contributed by atoms with Crippen LogP contribution in [-0.4, -0.2) is 25.5 Å². The highest BCUT2D eigenvalue weighted by atomic mass is 35.5. The van der Waals surface area contributed by atoms with Gasteiger partial charge in [0, 0.05) is 5.56 Å². The minimum absolute atomic E-state index is 0.0474. The number of ether oxygens (including phenoxy) is 3. The molecule has 2 rings (SSSR count). The number of carbonyl (C=O) groups is 2. The van der Waals surface area contributed by atoms with Crippen LogP contribution < -0.4 is 14.2 Å². The third-order valence-electron chi connectivity index (χ3n) is 3.03. The summed E-state index contributed by atoms with van der Waals surface area (Å²) in [6.45, 7) is 0.990. The molecule has 126 valence electrons. The largest absolute Gasteiger partial charge is 0.493 e. The second kappa shape index (κ2) is 7.79. The molecule has 0 radical (unpaired) electrons. The van der Waals surface area contributed by atoms with Crippen molar-refractivity contribution in [2.75, 3.05) is 13.7 Å². The van der Waals surface area contributed by atoms with Crippen LogP contribution in [0.25, 0.3) is 0 Å². The molecule has 0 atom stereocenters. The van der Waals surface area contributed by atoms with Gasteiger partial charge in [0.2, 0.25) is 0 Å². The predicted octanol–water partition coefficient (Wildman–Crippen LogP) is 3.67. The zero-order valence-corrected chi connectivity index (χ0v) is 13.7. The molecule has 0 aliphatic heterocycles. The van der Waals surface area contributed by atoms with Crippen molar-refractivity contribution < 1.29 is 28.2 Å². The van der Waals surface area contributed by atoms with Gasteiger partial charge in [0.25, 0.3) is 0 Å². The van der Waals surface area contributed by atoms with Gasteiger partial charge in [-0.2, -0.15) is 0 Å². The van der Waals surface area contributed by atoms with Crippen molar-refractivity contribution in [3.63, 3.8) is 0 Å². The summed E-state index contributed by atoms with van der Waals surface area (Å²) in [7, 11) is 1.39. The van der Waals surface area contributed by atoms with Crippen molar-refractivity contribution in [2.24, 2.45) is 0 Å². The van der Waals surface area contributed by atoms with Crippen LogP contribution in [0.15, 0.2) is 36.4 Å². The zero-order chi connectivity index (χ0) is 17.7. The van der Waals surface area contributed by atoms with E-state index in [0.717, 1.165) is 12.1 Å². The van der Waals surface area contributed by atoms with E-state index in [0.29, 0.717) is 5.56 Å². The fourth-order valence-corrected chi connectivity index (χ4v) is 2.07. The summed E-state index contributed by atoms with van der Waals surface area (Å²) in [6.07, 6.45) is 0. The second-order valence-corrected chi connectivity index (χ2v) is 5.17. The molecule has 0 saturated carbocycles. The topological polar surface area (TPSA) is 61.8 Å². The molecule has 0 aliphatic rings. The van der Waals surface area contributed by atoms with E-state index in [-0.39, 0.29) is 28.1 Å². The molecule has 0 spiro atoms. The summed E-state index contributed by atoms with van der Waals surface area (Å²) < 4.78 is 28.4. The first kappa shape index (κ1) is 17.7. The smallest absolute Gasteiger partial charge is 0.349 e. The maximum absolute atomic E-state index is 12.9. The molecule has 0 aromatic heterocycles. The van der Waals surface area contributed by atoms with Crippen LogP contribution in [0.1, 0.15) is 17.3 Å². The Hall–Kier alpha value is -2.60. The highest BCUT2D eigenvalue weighted by molar-refractivity contribution is 6.32. The van der Waals surface area contributed by atoms with Gasteiger partial charge >= 0.3 is 5.97 Å². The quantitative estimate of drug-likeness (QED) is 0.451. The monoisotopic (exact) mass is 352 g/mol. The fourth-order valence-electron chi connectivity index (χ4n) is 1.85. The molecular weight excluding hydrogens is 339 g/mol. The number of methoxy groups -OCH3 is 1. The molecule has 0 aliphatic carbocycles. The normalized spacial score (nSPS) is 10.2. The summed E-state index contributed by atoms with van der Waals surface area (Å²) in [5, 5.41) is 0.0474. The Morgan fingerprint density at radius 3 is 2.42 bits per heavy atom. The van der Waals surface area contributed by atoms with Crippen LogP contribution in [-0.2, 0) is 4.79 Å². The Balaban J connectivity index is 2.03. The first-order valence-electron chi connectivity index (χ1n) is 6.88. The Labute approximate surface area is 142 Å². The summed E-state index contributed by atoms with van der Waals surface area (Å²) >= 11 is 5.80. The number of ketones is 1. The minimum atomic E-state index is -0.704. The molecule has 5 nitrogen and oxygen atoms in total. The van der Waals surface area contributed by atoms with E-state index in [9.17, 15) is 14.0 Å². The molecule has 0 N–H and O–H groups in total. The van der Waals surface area contributed by atoms with E-state index in [1.54, 1.807) is 0 Å². The van der Waals surface area contributed by atoms with Crippen LogP contribution in [0.2, 0.25) is 5.02 Å². The van der Waals surface area contributed by atoms with E-state index in [4.69, 9.17) is 25.8 Å². The molecule has 2 aromatic carbocycles. The van der Waals surface area contributed by atoms with Gasteiger partial charge in [-0.1, -0.05) is 11.6 Å². The number of benzene rings is 2. The van der Waals surface area contributed by atoms with Crippen LogP contribution in [0.4, 0.5) is 4.39 Å². The average molecular weight is 353 g/mol. The van der Waals surface area contributed by atoms with Crippen LogP contribution in [0.5, 0.6) is 17.2 Å². The van der Waals surface area contributed by atoms with Gasteiger partial charge in [-0.15, -0.1) is 0 Å². The van der Waals surface area contributed by atoms with Gasteiger partial charge in [-0.05, 0) is 43.3 Å². The first-order chi connectivity index (χ1) is 11.4. The molecule has 0 unspecified atom stereocenters. The Bertz CT molecular complexity index is 776. The maximum Gasteiger partial charge on any atom is 0.349 e. The molecule has 7 heteroatoms. The number of carbonyl (C=O) groups excluding carboxylic acids is 2. The van der Waals surface area contributed by atoms with Gasteiger partial charge < -0.3 is 14.2 Å². The van der Waals surface area contributed by atoms with Crippen LogP contribution >= 0.6 is 11.6 Å². The minimum Gasteiger partial charge on any atom is -0.493 e. The van der Waals surface area contributed by atoms with Crippen molar-refractivity contribution in [3.05, 3.63) is 52.8 Å². The molecule has 0 heterocycles. The summed E-state index contributed by atoms with van der Waals surface area (Å²) in [5.41, 5.74) is 0.431. The van der Waals surface area contributed by atoms with Crippen molar-refractivity contribution >= 4 is 23.4 Å². The summed E-state index contributed by atoms with van der Waals surface area (Å²) in [6, 6.07) is 8.00. The fraction of sp³-hybridized carbons (Fsp3) is 0.176. The highest BCUT2D eigenvalue weighted by Crippen LogP contribution is 2.29. The summed E-state index contributed by atoms with van der Waals surface area (Å²) in [4.78, 5) is 23.2. The molecule has 24 heavy (non-hydrogen) atoms. The zero-order valence-electron chi connectivity index (χ0n) is 13.0. The molecular formula is C17H14ClFO5. The Kier molecular flexibility index (Phi) is 5.76. The SMILES string of the molecule is COc1cc(C(C)=O)ccc1OC(=O)COc1ccc(F)cc1Cl. The number of esters is 1. The Morgan fingerprint density at radius 2 is 1.79 bits per heavy atom. The number of Topliss-reactive ketones (excluding diaryl/α,β-unsaturated/α-hetero) is 1. The van der Waals surface area contributed by atoms with Crippen molar-refractivity contribution in [3.8, 4) is 17.2 Å². The molecule has 2 aromatic rings. The van der Waals surface area contributed by atoms with E-state index in [1.165, 1.54) is 38.3 Å². The number of rotatable bonds is 6. The molecule has 0 fully saturated rings. The maximum atomic E-state index is 12.9. The van der Waals surface area contributed by atoms with Crippen molar-refractivity contribution in [2.45, 2.75) is 6.92 Å². The predicted molar refractivity (Wildman–Crippen MR) is 85.5 cm³/mol. The third kappa shape index (κ3) is 4.45. The molecule has 0 amide bonds. The van der Waals surface area contributed by atoms with Crippen LogP contribution in [0, 0.1) is 5.82 Å². The number of hydrogen-bond donors (Lipinski definition) is 0. The van der Waals surface area contributed by atoms with Crippen molar-refractivity contribution in [1.29, 1.82) is 0 Å². The lowest BCUT2D eigenvalue weighted by molar-refractivity contribution is -0.136. The third-order valence-corrected chi connectivity index (χ3v) is 3.33. The van der Waals surface area contributed by atoms with E-state index in [2.05, 4.69) is 0 Å². The van der Waals surface area contributed by atoms with Gasteiger partial charge in [0.05, 0.1) is 12.1 Å². The van der Waals surface area contributed by atoms with Gasteiger partial charge in [0.1, 0.15) is 11.6 Å². The lowest BCUT2D eigenvalue weighted by Crippen LogP contribution is -2.18. The van der Waals surface area contributed by atoms with Crippen molar-refractivity contribution in [1.82, 2.24) is 0 Å². The standard InChI is InChI=1S/C17H14ClFO5/c1-10(20)11-3-5-15(16(7-11)22-2)24-17(21)9-23-14-6-4-12(19)8-13(14)18/h3-8H,9H2,1-2H3. The van der Waals surface area contributed by atoms with E-state index < -0.39 is 18.4 Å². The van der Waals surface area contributed by atoms with Gasteiger partial charge in [-0.3, -0.25) is 4.79 Å². The first-order valence-corrected chi connectivity index (χ1v) is 7.26. The number of halogens is 2.